The Morgan fingerprint density at radius 1 is 0.673 bits per heavy atom. The number of aromatic nitrogens is 4. The molecule has 0 unspecified atom stereocenters. The van der Waals surface area contributed by atoms with Crippen LogP contribution in [0.4, 0.5) is 22.7 Å². The summed E-state index contributed by atoms with van der Waals surface area (Å²) in [5.41, 5.74) is 3.22. The second-order valence-corrected chi connectivity index (χ2v) is 14.4. The average Bonchev–Trinajstić information content (AvgIpc) is 3.74. The Morgan fingerprint density at radius 2 is 1.10 bits per heavy atom. The number of fused-ring (bicyclic) bond motifs is 5. The van der Waals surface area contributed by atoms with Gasteiger partial charge in [-0.1, -0.05) is 35.7 Å². The molecule has 246 valence electrons. The number of benzene rings is 4. The van der Waals surface area contributed by atoms with Crippen LogP contribution >= 0.6 is 23.5 Å². The van der Waals surface area contributed by atoms with Gasteiger partial charge in [0.05, 0.1) is 53.2 Å². The highest BCUT2D eigenvalue weighted by atomic mass is 32.2. The van der Waals surface area contributed by atoms with Crippen LogP contribution in [0, 0.1) is 20.2 Å². The Morgan fingerprint density at radius 3 is 1.51 bits per heavy atom. The van der Waals surface area contributed by atoms with Crippen molar-refractivity contribution < 1.29 is 27.9 Å². The molecule has 0 bridgehead atoms. The second-order valence-electron chi connectivity index (χ2n) is 10.6. The molecule has 2 aromatic heterocycles. The molecule has 0 saturated carbocycles. The van der Waals surface area contributed by atoms with Crippen molar-refractivity contribution in [1.29, 1.82) is 0 Å². The molecular weight excluding hydrogens is 697 g/mol. The number of nitro benzene ring substituents is 2. The van der Waals surface area contributed by atoms with Crippen LogP contribution in [-0.4, -0.2) is 61.5 Å². The Labute approximate surface area is 283 Å². The number of nitrogens with zero attached hydrogens (tertiary/aromatic N) is 4. The fourth-order valence-corrected chi connectivity index (χ4v) is 8.29. The Hall–Kier alpha value is -5.79. The van der Waals surface area contributed by atoms with Gasteiger partial charge in [0.2, 0.25) is 21.7 Å². The minimum Gasteiger partial charge on any atom is -0.333 e. The summed E-state index contributed by atoms with van der Waals surface area (Å²) in [6.07, 6.45) is 0. The molecule has 0 saturated heterocycles. The number of rotatable bonds is 10. The second kappa shape index (κ2) is 12.3. The summed E-state index contributed by atoms with van der Waals surface area (Å²) in [5, 5.41) is 28.2. The number of H-pyrrole nitrogens is 2. The molecule has 16 nitrogen and oxygen atoms in total. The van der Waals surface area contributed by atoms with Gasteiger partial charge >= 0.3 is 0 Å². The predicted molar refractivity (Wildman–Crippen MR) is 182 cm³/mol. The third kappa shape index (κ3) is 6.28. The first kappa shape index (κ1) is 31.8. The van der Waals surface area contributed by atoms with E-state index in [1.54, 1.807) is 24.3 Å². The van der Waals surface area contributed by atoms with E-state index < -0.39 is 31.5 Å². The van der Waals surface area contributed by atoms with Crippen LogP contribution in [0.15, 0.2) is 92.9 Å². The summed E-state index contributed by atoms with van der Waals surface area (Å²) in [5.74, 6) is -0.967. The number of carbonyl (C=O) groups excluding carboxylic acids is 2. The van der Waals surface area contributed by atoms with E-state index in [0.717, 1.165) is 23.5 Å². The standard InChI is InChI=1S/C30H20N8O8S3/c39-27(13-47-29-33-21-7-3-17(37(41)42)11-23(21)35-29)31-15-1-5-19-20-6-2-16(10-26(20)49(45,46)25(19)9-15)32-28(40)14-48-30-34-22-8-4-18(38(43)44)12-24(22)36-30/h1-12H,13-14H2,(H,31,39)(H,32,40)(H,33,35)(H,34,36). The number of amides is 2. The molecule has 19 heteroatoms. The number of sulfone groups is 1. The Balaban J connectivity index is 0.984. The van der Waals surface area contributed by atoms with Crippen molar-refractivity contribution in [3.63, 3.8) is 0 Å². The molecule has 6 aromatic rings. The van der Waals surface area contributed by atoms with Crippen molar-refractivity contribution in [2.75, 3.05) is 22.1 Å². The van der Waals surface area contributed by atoms with E-state index in [4.69, 9.17) is 0 Å². The predicted octanol–water partition coefficient (Wildman–Crippen LogP) is 5.53. The van der Waals surface area contributed by atoms with Crippen LogP contribution in [0.3, 0.4) is 0 Å². The van der Waals surface area contributed by atoms with Crippen LogP contribution in [0.1, 0.15) is 0 Å². The summed E-state index contributed by atoms with van der Waals surface area (Å²) in [6.45, 7) is 0. The molecular formula is C30H20N8O8S3. The highest BCUT2D eigenvalue weighted by Gasteiger charge is 2.33. The number of nitro groups is 2. The number of aromatic amines is 2. The van der Waals surface area contributed by atoms with Gasteiger partial charge in [-0.3, -0.25) is 29.8 Å². The SMILES string of the molecule is O=C(CSc1nc2ccc([N+](=O)[O-])cc2[nH]1)Nc1ccc2c(c1)S(=O)(=O)c1cc(NC(=O)CSc3nc4ccc([N+](=O)[O-])cc4[nH]3)ccc1-2. The van der Waals surface area contributed by atoms with Gasteiger partial charge in [-0.25, -0.2) is 18.4 Å². The molecule has 3 heterocycles. The molecule has 0 spiro atoms. The number of hydrogen-bond acceptors (Lipinski definition) is 12. The molecule has 1 aliphatic rings. The van der Waals surface area contributed by atoms with E-state index in [9.17, 15) is 38.2 Å². The minimum atomic E-state index is -3.98. The molecule has 0 aliphatic carbocycles. The van der Waals surface area contributed by atoms with Gasteiger partial charge in [0.1, 0.15) is 0 Å². The number of thioether (sulfide) groups is 2. The molecule has 1 aliphatic heterocycles. The van der Waals surface area contributed by atoms with Crippen molar-refractivity contribution in [2.24, 2.45) is 0 Å². The number of carbonyl (C=O) groups is 2. The van der Waals surface area contributed by atoms with Crippen LogP contribution in [0.2, 0.25) is 0 Å². The number of nitrogens with one attached hydrogen (secondary N) is 4. The highest BCUT2D eigenvalue weighted by Crippen LogP contribution is 2.45. The molecule has 49 heavy (non-hydrogen) atoms. The topological polar surface area (TPSA) is 236 Å². The van der Waals surface area contributed by atoms with Crippen LogP contribution in [-0.2, 0) is 19.4 Å². The number of hydrogen-bond donors (Lipinski definition) is 4. The summed E-state index contributed by atoms with van der Waals surface area (Å²) in [7, 11) is -3.98. The van der Waals surface area contributed by atoms with E-state index in [0.29, 0.717) is 43.5 Å². The van der Waals surface area contributed by atoms with Gasteiger partial charge in [0.25, 0.3) is 11.4 Å². The minimum absolute atomic E-state index is 0.0102. The highest BCUT2D eigenvalue weighted by molar-refractivity contribution is 8.00. The van der Waals surface area contributed by atoms with Crippen molar-refractivity contribution in [3.8, 4) is 11.1 Å². The largest absolute Gasteiger partial charge is 0.333 e. The van der Waals surface area contributed by atoms with Crippen molar-refractivity contribution in [1.82, 2.24) is 19.9 Å². The maximum absolute atomic E-state index is 13.5. The zero-order chi connectivity index (χ0) is 34.4. The third-order valence-corrected chi connectivity index (χ3v) is 11.0. The lowest BCUT2D eigenvalue weighted by Gasteiger charge is -2.07. The molecule has 7 rings (SSSR count). The van der Waals surface area contributed by atoms with E-state index >= 15 is 0 Å². The number of non-ortho nitro benzene ring substituents is 2. The molecule has 4 aromatic carbocycles. The molecule has 2 amide bonds. The first-order valence-corrected chi connectivity index (χ1v) is 17.6. The maximum Gasteiger partial charge on any atom is 0.271 e. The normalized spacial score (nSPS) is 12.8. The van der Waals surface area contributed by atoms with Crippen molar-refractivity contribution in [2.45, 2.75) is 20.1 Å². The number of imidazole rings is 2. The average molecular weight is 717 g/mol. The monoisotopic (exact) mass is 716 g/mol. The summed E-state index contributed by atoms with van der Waals surface area (Å²) in [6, 6.07) is 17.6. The number of anilines is 2. The Bertz CT molecular complexity index is 2330. The molecule has 0 fully saturated rings. The summed E-state index contributed by atoms with van der Waals surface area (Å²) in [4.78, 5) is 61.0. The van der Waals surface area contributed by atoms with E-state index in [2.05, 4.69) is 30.6 Å². The third-order valence-electron chi connectivity index (χ3n) is 7.39. The van der Waals surface area contributed by atoms with Crippen LogP contribution in [0.25, 0.3) is 33.2 Å². The quantitative estimate of drug-likeness (QED) is 0.0777. The van der Waals surface area contributed by atoms with Gasteiger partial charge < -0.3 is 20.6 Å². The van der Waals surface area contributed by atoms with Crippen molar-refractivity contribution in [3.05, 3.63) is 93.0 Å². The Kier molecular flexibility index (Phi) is 8.01. The van der Waals surface area contributed by atoms with Gasteiger partial charge in [-0.2, -0.15) is 0 Å². The maximum atomic E-state index is 13.5. The van der Waals surface area contributed by atoms with E-state index in [1.165, 1.54) is 48.5 Å². The zero-order valence-electron chi connectivity index (χ0n) is 24.6. The van der Waals surface area contributed by atoms with Gasteiger partial charge in [-0.05, 0) is 36.4 Å². The molecule has 0 atom stereocenters. The lowest BCUT2D eigenvalue weighted by molar-refractivity contribution is -0.384. The van der Waals surface area contributed by atoms with Crippen LogP contribution in [0.5, 0.6) is 0 Å². The molecule has 4 N–H and O–H groups in total. The lowest BCUT2D eigenvalue weighted by atomic mass is 10.0. The first-order valence-electron chi connectivity index (χ1n) is 14.1. The first-order chi connectivity index (χ1) is 23.4. The molecule has 0 radical (unpaired) electrons. The smallest absolute Gasteiger partial charge is 0.271 e. The van der Waals surface area contributed by atoms with Gasteiger partial charge in [0, 0.05) is 46.8 Å². The fraction of sp³-hybridized carbons (Fsp3) is 0.0667. The summed E-state index contributed by atoms with van der Waals surface area (Å²) < 4.78 is 27.1. The van der Waals surface area contributed by atoms with Gasteiger partial charge in [0.15, 0.2) is 10.3 Å². The summed E-state index contributed by atoms with van der Waals surface area (Å²) >= 11 is 2.17. The van der Waals surface area contributed by atoms with Crippen LogP contribution < -0.4 is 10.6 Å². The van der Waals surface area contributed by atoms with Gasteiger partial charge in [-0.15, -0.1) is 0 Å². The fourth-order valence-electron chi connectivity index (χ4n) is 5.18. The van der Waals surface area contributed by atoms with E-state index in [1.807, 2.05) is 0 Å². The van der Waals surface area contributed by atoms with E-state index in [-0.39, 0.29) is 44.0 Å². The lowest BCUT2D eigenvalue weighted by Crippen LogP contribution is -2.14. The van der Waals surface area contributed by atoms with Crippen molar-refractivity contribution >= 4 is 90.0 Å². The zero-order valence-corrected chi connectivity index (χ0v) is 27.1.